The highest BCUT2D eigenvalue weighted by atomic mass is 35.5. The molecule has 1 aromatic rings. The fourth-order valence-electron chi connectivity index (χ4n) is 2.15. The average molecular weight is 336 g/mol. The molecule has 0 amide bonds. The smallest absolute Gasteiger partial charge is 0.282 e. The van der Waals surface area contributed by atoms with Crippen LogP contribution in [0.25, 0.3) is 0 Å². The molecule has 21 heavy (non-hydrogen) atoms. The largest absolute Gasteiger partial charge is 0.379 e. The molecule has 0 bridgehead atoms. The molecule has 2 N–H and O–H groups in total. The molecule has 1 heterocycles. The first-order valence-electron chi connectivity index (χ1n) is 6.71. The Bertz CT molecular complexity index is 507. The summed E-state index contributed by atoms with van der Waals surface area (Å²) in [6.07, 6.45) is 0. The van der Waals surface area contributed by atoms with Crippen LogP contribution in [-0.2, 0) is 21.5 Å². The van der Waals surface area contributed by atoms with Gasteiger partial charge in [-0.25, -0.2) is 0 Å². The van der Waals surface area contributed by atoms with Crippen molar-refractivity contribution < 1.29 is 13.2 Å². The van der Waals surface area contributed by atoms with Gasteiger partial charge in [0.05, 0.1) is 13.2 Å². The number of nitrogens with zero attached hydrogens (tertiary/aromatic N) is 2. The molecule has 1 saturated heterocycles. The molecule has 8 heteroatoms. The molecule has 0 saturated carbocycles. The third-order valence-electron chi connectivity index (χ3n) is 3.20. The van der Waals surface area contributed by atoms with Crippen molar-refractivity contribution in [2.45, 2.75) is 6.54 Å². The first-order valence-corrected chi connectivity index (χ1v) is 8.11. The normalized spacial score (nSPS) is 16.7. The number of halogens is 1. The van der Waals surface area contributed by atoms with E-state index in [-0.39, 0.29) is 12.4 Å². The van der Waals surface area contributed by atoms with Gasteiger partial charge in [0.25, 0.3) is 10.2 Å². The summed E-state index contributed by atoms with van der Waals surface area (Å²) in [4.78, 5) is 0. The molecule has 2 rings (SSSR count). The zero-order valence-corrected chi connectivity index (χ0v) is 13.5. The van der Waals surface area contributed by atoms with E-state index in [1.165, 1.54) is 8.61 Å². The predicted octanol–water partition coefficient (Wildman–Crippen LogP) is 0.446. The zero-order valence-electron chi connectivity index (χ0n) is 11.8. The van der Waals surface area contributed by atoms with Crippen LogP contribution in [0.2, 0.25) is 0 Å². The Kier molecular flexibility index (Phi) is 7.58. The Morgan fingerprint density at radius 3 is 2.38 bits per heavy atom. The van der Waals surface area contributed by atoms with E-state index >= 15 is 0 Å². The summed E-state index contributed by atoms with van der Waals surface area (Å²) < 4.78 is 33.4. The molecule has 120 valence electrons. The van der Waals surface area contributed by atoms with Crippen LogP contribution in [0, 0.1) is 0 Å². The Labute approximate surface area is 132 Å². The van der Waals surface area contributed by atoms with E-state index in [1.807, 2.05) is 30.3 Å². The van der Waals surface area contributed by atoms with Crippen LogP contribution in [0.3, 0.4) is 0 Å². The van der Waals surface area contributed by atoms with Crippen molar-refractivity contribution in [2.24, 2.45) is 5.73 Å². The molecule has 0 aromatic heterocycles. The zero-order chi connectivity index (χ0) is 14.4. The SMILES string of the molecule is Cl.NCCN(Cc1ccccc1)S(=O)(=O)N1CCOCC1. The molecule has 6 nitrogen and oxygen atoms in total. The number of benzene rings is 1. The van der Waals surface area contributed by atoms with Crippen LogP contribution in [0.4, 0.5) is 0 Å². The Morgan fingerprint density at radius 1 is 1.19 bits per heavy atom. The average Bonchev–Trinajstić information content (AvgIpc) is 2.49. The van der Waals surface area contributed by atoms with Gasteiger partial charge in [0.15, 0.2) is 0 Å². The van der Waals surface area contributed by atoms with Crippen molar-refractivity contribution in [3.05, 3.63) is 35.9 Å². The molecule has 1 aliphatic rings. The van der Waals surface area contributed by atoms with Crippen molar-refractivity contribution in [2.75, 3.05) is 39.4 Å². The minimum Gasteiger partial charge on any atom is -0.379 e. The molecule has 1 aliphatic heterocycles. The predicted molar refractivity (Wildman–Crippen MR) is 84.5 cm³/mol. The quantitative estimate of drug-likeness (QED) is 0.818. The van der Waals surface area contributed by atoms with Gasteiger partial charge in [0.1, 0.15) is 0 Å². The van der Waals surface area contributed by atoms with E-state index in [0.29, 0.717) is 45.9 Å². The maximum atomic E-state index is 12.6. The third-order valence-corrected chi connectivity index (χ3v) is 5.18. The lowest BCUT2D eigenvalue weighted by molar-refractivity contribution is 0.0700. The van der Waals surface area contributed by atoms with Crippen LogP contribution < -0.4 is 5.73 Å². The first kappa shape index (κ1) is 18.3. The third kappa shape index (κ3) is 4.91. The molecule has 1 aromatic carbocycles. The van der Waals surface area contributed by atoms with E-state index in [2.05, 4.69) is 0 Å². The van der Waals surface area contributed by atoms with Crippen LogP contribution >= 0.6 is 12.4 Å². The molecule has 0 radical (unpaired) electrons. The lowest BCUT2D eigenvalue weighted by Crippen LogP contribution is -2.49. The Morgan fingerprint density at radius 2 is 1.81 bits per heavy atom. The fourth-order valence-corrected chi connectivity index (χ4v) is 3.73. The van der Waals surface area contributed by atoms with Gasteiger partial charge in [0.2, 0.25) is 0 Å². The maximum absolute atomic E-state index is 12.6. The van der Waals surface area contributed by atoms with Gasteiger partial charge < -0.3 is 10.5 Å². The van der Waals surface area contributed by atoms with Gasteiger partial charge in [-0.1, -0.05) is 30.3 Å². The maximum Gasteiger partial charge on any atom is 0.282 e. The summed E-state index contributed by atoms with van der Waals surface area (Å²) in [7, 11) is -3.48. The summed E-state index contributed by atoms with van der Waals surface area (Å²) in [5.41, 5.74) is 6.52. The van der Waals surface area contributed by atoms with Gasteiger partial charge in [-0.2, -0.15) is 17.0 Å². The molecular weight excluding hydrogens is 314 g/mol. The number of hydrogen-bond donors (Lipinski definition) is 1. The summed E-state index contributed by atoms with van der Waals surface area (Å²) in [6.45, 7) is 2.65. The lowest BCUT2D eigenvalue weighted by Gasteiger charge is -2.32. The summed E-state index contributed by atoms with van der Waals surface area (Å²) >= 11 is 0. The number of morpholine rings is 1. The van der Waals surface area contributed by atoms with Crippen molar-refractivity contribution in [3.8, 4) is 0 Å². The van der Waals surface area contributed by atoms with E-state index < -0.39 is 10.2 Å². The summed E-state index contributed by atoms with van der Waals surface area (Å²) in [5.74, 6) is 0. The monoisotopic (exact) mass is 335 g/mol. The van der Waals surface area contributed by atoms with Gasteiger partial charge in [0, 0.05) is 32.7 Å². The number of ether oxygens (including phenoxy) is 1. The minimum absolute atomic E-state index is 0. The van der Waals surface area contributed by atoms with Crippen molar-refractivity contribution >= 4 is 22.6 Å². The molecule has 0 spiro atoms. The Hall–Kier alpha value is -0.700. The molecule has 0 aliphatic carbocycles. The van der Waals surface area contributed by atoms with E-state index in [4.69, 9.17) is 10.5 Å². The molecule has 0 unspecified atom stereocenters. The second-order valence-electron chi connectivity index (χ2n) is 4.63. The lowest BCUT2D eigenvalue weighted by atomic mass is 10.2. The summed E-state index contributed by atoms with van der Waals surface area (Å²) in [5, 5.41) is 0. The van der Waals surface area contributed by atoms with Crippen molar-refractivity contribution in [3.63, 3.8) is 0 Å². The standard InChI is InChI=1S/C13H21N3O3S.ClH/c14-6-7-16(12-13-4-2-1-3-5-13)20(17,18)15-8-10-19-11-9-15;/h1-5H,6-12,14H2;1H. The fraction of sp³-hybridized carbons (Fsp3) is 0.538. The van der Waals surface area contributed by atoms with Crippen LogP contribution in [0.5, 0.6) is 0 Å². The Balaban J connectivity index is 0.00000220. The van der Waals surface area contributed by atoms with Crippen LogP contribution in [0.15, 0.2) is 30.3 Å². The van der Waals surface area contributed by atoms with Gasteiger partial charge in [-0.05, 0) is 5.56 Å². The molecule has 1 fully saturated rings. The highest BCUT2D eigenvalue weighted by molar-refractivity contribution is 7.86. The first-order chi connectivity index (χ1) is 9.64. The number of hydrogen-bond acceptors (Lipinski definition) is 4. The van der Waals surface area contributed by atoms with E-state index in [9.17, 15) is 8.42 Å². The van der Waals surface area contributed by atoms with Gasteiger partial charge in [-0.3, -0.25) is 0 Å². The number of rotatable bonds is 6. The number of nitrogens with two attached hydrogens (primary N) is 1. The van der Waals surface area contributed by atoms with Gasteiger partial charge in [-0.15, -0.1) is 12.4 Å². The second-order valence-corrected chi connectivity index (χ2v) is 6.56. The molecule has 0 atom stereocenters. The highest BCUT2D eigenvalue weighted by Gasteiger charge is 2.30. The van der Waals surface area contributed by atoms with E-state index in [1.54, 1.807) is 0 Å². The van der Waals surface area contributed by atoms with Crippen molar-refractivity contribution in [1.29, 1.82) is 0 Å². The van der Waals surface area contributed by atoms with Gasteiger partial charge >= 0.3 is 0 Å². The minimum atomic E-state index is -3.48. The summed E-state index contributed by atoms with van der Waals surface area (Å²) in [6, 6.07) is 9.54. The van der Waals surface area contributed by atoms with Crippen molar-refractivity contribution in [1.82, 2.24) is 8.61 Å². The molecular formula is C13H22ClN3O3S. The second kappa shape index (κ2) is 8.67. The van der Waals surface area contributed by atoms with Crippen LogP contribution in [-0.4, -0.2) is 56.4 Å². The van der Waals surface area contributed by atoms with E-state index in [0.717, 1.165) is 5.56 Å². The van der Waals surface area contributed by atoms with Crippen LogP contribution in [0.1, 0.15) is 5.56 Å². The topological polar surface area (TPSA) is 75.9 Å². The highest BCUT2D eigenvalue weighted by Crippen LogP contribution is 2.14.